The van der Waals surface area contributed by atoms with Crippen LogP contribution in [0.15, 0.2) is 47.5 Å². The highest BCUT2D eigenvalue weighted by Gasteiger charge is 2.45. The van der Waals surface area contributed by atoms with Crippen molar-refractivity contribution in [3.63, 3.8) is 0 Å². The molecule has 2 saturated heterocycles. The maximum absolute atomic E-state index is 13.9. The Labute approximate surface area is 195 Å². The van der Waals surface area contributed by atoms with Gasteiger partial charge in [0.1, 0.15) is 23.0 Å². The van der Waals surface area contributed by atoms with Crippen molar-refractivity contribution in [3.8, 4) is 23.0 Å². The largest absolute Gasteiger partial charge is 0.497 e. The van der Waals surface area contributed by atoms with Crippen LogP contribution in [-0.4, -0.2) is 57.8 Å². The summed E-state index contributed by atoms with van der Waals surface area (Å²) in [6.07, 6.45) is 5.81. The van der Waals surface area contributed by atoms with E-state index in [1.165, 1.54) is 0 Å². The number of hydrogen-bond acceptors (Lipinski definition) is 6. The Morgan fingerprint density at radius 3 is 1.61 bits per heavy atom. The molecule has 0 saturated carbocycles. The van der Waals surface area contributed by atoms with Gasteiger partial charge in [-0.05, 0) is 67.9 Å². The molecule has 2 atom stereocenters. The van der Waals surface area contributed by atoms with Crippen LogP contribution >= 0.6 is 0 Å². The number of rotatable bonds is 7. The monoisotopic (exact) mass is 449 g/mol. The molecule has 2 aliphatic rings. The molecule has 0 radical (unpaired) electrons. The quantitative estimate of drug-likeness (QED) is 0.575. The number of fused-ring (bicyclic) bond motifs is 2. The van der Waals surface area contributed by atoms with E-state index < -0.39 is 0 Å². The number of piperidine rings is 1. The Hall–Kier alpha value is -3.25. The minimum Gasteiger partial charge on any atom is -0.497 e. The van der Waals surface area contributed by atoms with Crippen LogP contribution in [0.25, 0.3) is 12.2 Å². The second-order valence-electron chi connectivity index (χ2n) is 8.18. The molecule has 174 valence electrons. The summed E-state index contributed by atoms with van der Waals surface area (Å²) in [6, 6.07) is 11.4. The lowest BCUT2D eigenvalue weighted by atomic mass is 9.87. The van der Waals surface area contributed by atoms with Gasteiger partial charge >= 0.3 is 0 Å². The van der Waals surface area contributed by atoms with E-state index in [4.69, 9.17) is 18.9 Å². The first kappa shape index (κ1) is 22.9. The fourth-order valence-corrected chi connectivity index (χ4v) is 5.01. The number of ketones is 1. The fraction of sp³-hybridized carbons (Fsp3) is 0.370. The third-order valence-corrected chi connectivity index (χ3v) is 6.62. The first-order valence-electron chi connectivity index (χ1n) is 11.2. The van der Waals surface area contributed by atoms with Crippen LogP contribution in [0.2, 0.25) is 0 Å². The molecule has 2 fully saturated rings. The molecule has 0 amide bonds. The van der Waals surface area contributed by atoms with Gasteiger partial charge in [-0.25, -0.2) is 0 Å². The summed E-state index contributed by atoms with van der Waals surface area (Å²) >= 11 is 0. The van der Waals surface area contributed by atoms with E-state index in [2.05, 4.69) is 11.8 Å². The van der Waals surface area contributed by atoms with Crippen molar-refractivity contribution in [2.24, 2.45) is 0 Å². The molecule has 6 nitrogen and oxygen atoms in total. The predicted octanol–water partition coefficient (Wildman–Crippen LogP) is 4.62. The van der Waals surface area contributed by atoms with Crippen LogP contribution in [-0.2, 0) is 4.79 Å². The summed E-state index contributed by atoms with van der Waals surface area (Å²) < 4.78 is 21.9. The molecular formula is C27H31NO5. The third kappa shape index (κ3) is 4.23. The zero-order valence-electron chi connectivity index (χ0n) is 19.9. The normalized spacial score (nSPS) is 22.6. The molecule has 6 heteroatoms. The molecule has 0 spiro atoms. The summed E-state index contributed by atoms with van der Waals surface area (Å²) in [5.41, 5.74) is 3.23. The van der Waals surface area contributed by atoms with Crippen LogP contribution in [0.3, 0.4) is 0 Å². The Balaban J connectivity index is 1.85. The molecule has 2 bridgehead atoms. The zero-order chi connectivity index (χ0) is 23.5. The van der Waals surface area contributed by atoms with Gasteiger partial charge in [0.2, 0.25) is 0 Å². The number of likely N-dealkylation sites (N-methyl/N-ethyl adjacent to an activating group) is 1. The molecule has 0 N–H and O–H groups in total. The first-order chi connectivity index (χ1) is 16.0. The van der Waals surface area contributed by atoms with Gasteiger partial charge in [0.15, 0.2) is 5.78 Å². The highest BCUT2D eigenvalue weighted by atomic mass is 16.5. The number of carbonyl (C=O) groups is 1. The van der Waals surface area contributed by atoms with Crippen molar-refractivity contribution in [2.75, 3.05) is 35.0 Å². The minimum absolute atomic E-state index is 0.0712. The second kappa shape index (κ2) is 9.71. The highest BCUT2D eigenvalue weighted by Crippen LogP contribution is 2.42. The van der Waals surface area contributed by atoms with Crippen LogP contribution < -0.4 is 18.9 Å². The average Bonchev–Trinajstić information content (AvgIpc) is 3.22. The maximum atomic E-state index is 13.9. The first-order valence-corrected chi connectivity index (χ1v) is 11.2. The predicted molar refractivity (Wildman–Crippen MR) is 129 cm³/mol. The van der Waals surface area contributed by atoms with E-state index in [0.717, 1.165) is 53.2 Å². The molecule has 0 aromatic heterocycles. The number of nitrogens with zero attached hydrogens (tertiary/aromatic N) is 1. The van der Waals surface area contributed by atoms with E-state index in [1.54, 1.807) is 28.4 Å². The van der Waals surface area contributed by atoms with Crippen molar-refractivity contribution in [2.45, 2.75) is 31.8 Å². The van der Waals surface area contributed by atoms with E-state index in [-0.39, 0.29) is 17.9 Å². The zero-order valence-corrected chi connectivity index (χ0v) is 19.9. The van der Waals surface area contributed by atoms with Crippen LogP contribution in [0.5, 0.6) is 23.0 Å². The lowest BCUT2D eigenvalue weighted by Gasteiger charge is -2.36. The molecule has 2 heterocycles. The van der Waals surface area contributed by atoms with Gasteiger partial charge in [-0.2, -0.15) is 0 Å². The van der Waals surface area contributed by atoms with E-state index >= 15 is 0 Å². The summed E-state index contributed by atoms with van der Waals surface area (Å²) in [6.45, 7) is 3.01. The molecule has 0 unspecified atom stereocenters. The smallest absolute Gasteiger partial charge is 0.188 e. The number of ether oxygens (including phenoxy) is 4. The molecular weight excluding hydrogens is 418 g/mol. The van der Waals surface area contributed by atoms with Crippen molar-refractivity contribution in [3.05, 3.63) is 58.7 Å². The maximum Gasteiger partial charge on any atom is 0.188 e. The van der Waals surface area contributed by atoms with Crippen LogP contribution in [0.4, 0.5) is 0 Å². The third-order valence-electron chi connectivity index (χ3n) is 6.62. The van der Waals surface area contributed by atoms with Gasteiger partial charge < -0.3 is 18.9 Å². The van der Waals surface area contributed by atoms with Crippen LogP contribution in [0, 0.1) is 0 Å². The van der Waals surface area contributed by atoms with Crippen molar-refractivity contribution >= 4 is 17.9 Å². The SMILES string of the molecule is CCN1[C@@H]2CC[C@H]1/C(=C\c1cc(OC)ccc1OC)C(=O)/C2=C/c1cc(OC)ccc1OC. The van der Waals surface area contributed by atoms with Crippen molar-refractivity contribution in [1.29, 1.82) is 0 Å². The van der Waals surface area contributed by atoms with Gasteiger partial charge in [0, 0.05) is 34.4 Å². The molecule has 4 rings (SSSR count). The number of methoxy groups -OCH3 is 4. The Kier molecular flexibility index (Phi) is 6.75. The average molecular weight is 450 g/mol. The summed E-state index contributed by atoms with van der Waals surface area (Å²) in [5.74, 6) is 2.93. The van der Waals surface area contributed by atoms with Gasteiger partial charge in [-0.3, -0.25) is 9.69 Å². The molecule has 2 aromatic carbocycles. The summed E-state index contributed by atoms with van der Waals surface area (Å²) in [7, 11) is 6.54. The Morgan fingerprint density at radius 1 is 0.788 bits per heavy atom. The van der Waals surface area contributed by atoms with Gasteiger partial charge in [0.05, 0.1) is 28.4 Å². The number of carbonyl (C=O) groups excluding carboxylic acids is 1. The van der Waals surface area contributed by atoms with Crippen molar-refractivity contribution in [1.82, 2.24) is 4.90 Å². The fourth-order valence-electron chi connectivity index (χ4n) is 5.01. The summed E-state index contributed by atoms with van der Waals surface area (Å²) in [4.78, 5) is 16.3. The molecule has 2 aromatic rings. The number of hydrogen-bond donors (Lipinski definition) is 0. The highest BCUT2D eigenvalue weighted by molar-refractivity contribution is 6.16. The lowest BCUT2D eigenvalue weighted by Crippen LogP contribution is -2.46. The summed E-state index contributed by atoms with van der Waals surface area (Å²) in [5, 5.41) is 0. The van der Waals surface area contributed by atoms with Crippen LogP contribution in [0.1, 0.15) is 30.9 Å². The molecule has 2 aliphatic heterocycles. The topological polar surface area (TPSA) is 57.2 Å². The van der Waals surface area contributed by atoms with E-state index in [9.17, 15) is 4.79 Å². The Morgan fingerprint density at radius 2 is 1.24 bits per heavy atom. The minimum atomic E-state index is 0.0712. The van der Waals surface area contributed by atoms with E-state index in [0.29, 0.717) is 11.5 Å². The number of benzene rings is 2. The molecule has 0 aliphatic carbocycles. The van der Waals surface area contributed by atoms with Crippen molar-refractivity contribution < 1.29 is 23.7 Å². The second-order valence-corrected chi connectivity index (χ2v) is 8.18. The standard InChI is InChI=1S/C27H31NO5/c1-6-28-23-9-10-24(28)22(16-18-14-20(31-3)8-12-26(18)33-5)27(29)21(23)15-17-13-19(30-2)7-11-25(17)32-4/h7-8,11-16,23-24H,6,9-10H2,1-5H3/b21-15+,22-16+/t23-,24+. The van der Waals surface area contributed by atoms with Gasteiger partial charge in [0.25, 0.3) is 0 Å². The van der Waals surface area contributed by atoms with Gasteiger partial charge in [-0.1, -0.05) is 6.92 Å². The molecule has 33 heavy (non-hydrogen) atoms. The number of Topliss-reactive ketones (excluding diaryl/α,β-unsaturated/α-hetero) is 1. The Bertz CT molecular complexity index is 1020. The van der Waals surface area contributed by atoms with Gasteiger partial charge in [-0.15, -0.1) is 0 Å². The van der Waals surface area contributed by atoms with E-state index in [1.807, 2.05) is 48.6 Å². The lowest BCUT2D eigenvalue weighted by molar-refractivity contribution is -0.114.